The summed E-state index contributed by atoms with van der Waals surface area (Å²) in [4.78, 5) is 16.7. The summed E-state index contributed by atoms with van der Waals surface area (Å²) in [6.45, 7) is 4.08. The number of fused-ring (bicyclic) bond motifs is 1. The third-order valence-electron chi connectivity index (χ3n) is 6.78. The van der Waals surface area contributed by atoms with E-state index in [-0.39, 0.29) is 12.1 Å². The number of halogens is 2. The zero-order valence-corrected chi connectivity index (χ0v) is 19.5. The number of pyridine rings is 2. The van der Waals surface area contributed by atoms with Gasteiger partial charge in [-0.15, -0.1) is 0 Å². The van der Waals surface area contributed by atoms with Crippen molar-refractivity contribution in [2.45, 2.75) is 31.3 Å². The van der Waals surface area contributed by atoms with Crippen molar-refractivity contribution >= 4 is 34.7 Å². The molecule has 2 saturated heterocycles. The first-order valence-corrected chi connectivity index (χ1v) is 11.7. The minimum Gasteiger partial charge on any atom is -0.355 e. The van der Waals surface area contributed by atoms with E-state index in [9.17, 15) is 0 Å². The maximum atomic E-state index is 7.03. The molecule has 0 amide bonds. The molecule has 5 rings (SSSR count). The fourth-order valence-corrected chi connectivity index (χ4v) is 5.57. The molecule has 0 aromatic carbocycles. The van der Waals surface area contributed by atoms with Crippen molar-refractivity contribution in [3.8, 4) is 0 Å². The van der Waals surface area contributed by atoms with Gasteiger partial charge in [0.2, 0.25) is 0 Å². The number of likely N-dealkylation sites (tertiary alicyclic amines) is 1. The maximum Gasteiger partial charge on any atom is 0.139 e. The Morgan fingerprint density at radius 2 is 1.65 bits per heavy atom. The average molecular weight is 459 g/mol. The topological polar surface area (TPSA) is 39.9 Å². The minimum absolute atomic E-state index is 0.129. The van der Waals surface area contributed by atoms with E-state index in [1.165, 1.54) is 0 Å². The van der Waals surface area contributed by atoms with Gasteiger partial charge in [0.05, 0.1) is 28.5 Å². The number of piperidine rings is 1. The lowest BCUT2D eigenvalue weighted by atomic mass is 9.92. The van der Waals surface area contributed by atoms with E-state index in [1.807, 2.05) is 24.4 Å². The third kappa shape index (κ3) is 3.80. The molecule has 0 unspecified atom stereocenters. The summed E-state index contributed by atoms with van der Waals surface area (Å²) >= 11 is 13.5. The largest absolute Gasteiger partial charge is 0.355 e. The van der Waals surface area contributed by atoms with Crippen molar-refractivity contribution in [3.05, 3.63) is 58.1 Å². The number of piperazine rings is 1. The molecule has 5 heterocycles. The molecule has 2 fully saturated rings. The van der Waals surface area contributed by atoms with E-state index in [1.54, 1.807) is 0 Å². The van der Waals surface area contributed by atoms with Crippen molar-refractivity contribution in [1.29, 1.82) is 0 Å². The number of imidazole rings is 1. The summed E-state index contributed by atoms with van der Waals surface area (Å²) < 4.78 is 2.12. The molecule has 0 radical (unpaired) electrons. The van der Waals surface area contributed by atoms with Crippen LogP contribution in [0.25, 0.3) is 5.65 Å². The highest BCUT2D eigenvalue weighted by Crippen LogP contribution is 2.43. The molecule has 8 heteroatoms. The summed E-state index contributed by atoms with van der Waals surface area (Å²) in [6.07, 6.45) is 4.95. The summed E-state index contributed by atoms with van der Waals surface area (Å²) in [6, 6.07) is 10.4. The number of anilines is 1. The molecule has 3 aromatic rings. The molecule has 31 heavy (non-hydrogen) atoms. The van der Waals surface area contributed by atoms with Gasteiger partial charge in [-0.1, -0.05) is 29.3 Å². The second-order valence-corrected chi connectivity index (χ2v) is 9.42. The van der Waals surface area contributed by atoms with Crippen LogP contribution in [0.15, 0.2) is 36.5 Å². The molecule has 0 aliphatic carbocycles. The molecule has 2 aliphatic rings. The number of rotatable bonds is 3. The molecule has 0 N–H and O–H groups in total. The van der Waals surface area contributed by atoms with Crippen LogP contribution < -0.4 is 4.90 Å². The Morgan fingerprint density at radius 1 is 0.903 bits per heavy atom. The number of aromatic nitrogens is 3. The lowest BCUT2D eigenvalue weighted by Crippen LogP contribution is -2.45. The third-order valence-corrected chi connectivity index (χ3v) is 7.46. The zero-order valence-electron chi connectivity index (χ0n) is 18.0. The predicted octanol–water partition coefficient (Wildman–Crippen LogP) is 4.69. The van der Waals surface area contributed by atoms with Gasteiger partial charge < -0.3 is 9.80 Å². The Labute approximate surface area is 193 Å². The van der Waals surface area contributed by atoms with Crippen LogP contribution >= 0.6 is 23.2 Å². The smallest absolute Gasteiger partial charge is 0.139 e. The fraction of sp³-hybridized carbons (Fsp3) is 0.478. The van der Waals surface area contributed by atoms with Crippen LogP contribution in [-0.2, 0) is 0 Å². The first-order chi connectivity index (χ1) is 15.0. The fourth-order valence-electron chi connectivity index (χ4n) is 4.98. The van der Waals surface area contributed by atoms with Crippen LogP contribution in [0.5, 0.6) is 0 Å². The van der Waals surface area contributed by atoms with Gasteiger partial charge in [0.25, 0.3) is 0 Å². The quantitative estimate of drug-likeness (QED) is 0.569. The zero-order chi connectivity index (χ0) is 21.5. The first kappa shape index (κ1) is 21.0. The monoisotopic (exact) mass is 458 g/mol. The second-order valence-electron chi connectivity index (χ2n) is 8.65. The summed E-state index contributed by atoms with van der Waals surface area (Å²) in [7, 11) is 4.31. The highest BCUT2D eigenvalue weighted by atomic mass is 35.5. The Hall–Kier alpha value is -1.86. The normalized spacial score (nSPS) is 23.5. The predicted molar refractivity (Wildman–Crippen MR) is 126 cm³/mol. The average Bonchev–Trinajstić information content (AvgIpc) is 3.12. The highest BCUT2D eigenvalue weighted by molar-refractivity contribution is 6.31. The number of likely N-dealkylation sites (N-methyl/N-ethyl adjacent to an activating group) is 1. The molecule has 3 aromatic heterocycles. The van der Waals surface area contributed by atoms with Crippen molar-refractivity contribution < 1.29 is 0 Å². The SMILES string of the molecule is CN1CCN(c2cccc3nc([C@H]4CCC[C@@H](c5ncccc5Cl)N4C)c(Cl)n23)CC1. The second kappa shape index (κ2) is 8.58. The molecule has 0 saturated carbocycles. The lowest BCUT2D eigenvalue weighted by molar-refractivity contribution is 0.110. The van der Waals surface area contributed by atoms with Crippen molar-refractivity contribution in [1.82, 2.24) is 24.2 Å². The van der Waals surface area contributed by atoms with Gasteiger partial charge in [-0.05, 0) is 57.6 Å². The molecular weight excluding hydrogens is 431 g/mol. The first-order valence-electron chi connectivity index (χ1n) is 11.0. The van der Waals surface area contributed by atoms with Gasteiger partial charge in [0.15, 0.2) is 0 Å². The van der Waals surface area contributed by atoms with Gasteiger partial charge in [-0.2, -0.15) is 0 Å². The van der Waals surface area contributed by atoms with Gasteiger partial charge in [0, 0.05) is 32.4 Å². The Kier molecular flexibility index (Phi) is 5.82. The highest BCUT2D eigenvalue weighted by Gasteiger charge is 2.35. The molecule has 0 bridgehead atoms. The van der Waals surface area contributed by atoms with Crippen LogP contribution in [0.3, 0.4) is 0 Å². The van der Waals surface area contributed by atoms with Gasteiger partial charge in [0.1, 0.15) is 16.6 Å². The molecule has 6 nitrogen and oxygen atoms in total. The van der Waals surface area contributed by atoms with Crippen molar-refractivity contribution in [2.75, 3.05) is 45.2 Å². The van der Waals surface area contributed by atoms with E-state index in [2.05, 4.69) is 50.3 Å². The van der Waals surface area contributed by atoms with Crippen LogP contribution in [0.4, 0.5) is 5.82 Å². The van der Waals surface area contributed by atoms with Crippen molar-refractivity contribution in [3.63, 3.8) is 0 Å². The maximum absolute atomic E-state index is 7.03. The molecular formula is C23H28Cl2N6. The van der Waals surface area contributed by atoms with Gasteiger partial charge >= 0.3 is 0 Å². The Bertz CT molecular complexity index is 1080. The Balaban J connectivity index is 1.51. The van der Waals surface area contributed by atoms with Crippen LogP contribution in [0.2, 0.25) is 10.2 Å². The number of hydrogen-bond donors (Lipinski definition) is 0. The van der Waals surface area contributed by atoms with Gasteiger partial charge in [-0.25, -0.2) is 4.98 Å². The van der Waals surface area contributed by atoms with E-state index < -0.39 is 0 Å². The van der Waals surface area contributed by atoms with Crippen molar-refractivity contribution in [2.24, 2.45) is 0 Å². The number of nitrogens with zero attached hydrogens (tertiary/aromatic N) is 6. The van der Waals surface area contributed by atoms with E-state index in [0.717, 1.165) is 73.3 Å². The summed E-state index contributed by atoms with van der Waals surface area (Å²) in [5.74, 6) is 1.12. The molecule has 164 valence electrons. The van der Waals surface area contributed by atoms with E-state index >= 15 is 0 Å². The van der Waals surface area contributed by atoms with Crippen LogP contribution in [-0.4, -0.2) is 64.4 Å². The van der Waals surface area contributed by atoms with Gasteiger partial charge in [-0.3, -0.25) is 14.3 Å². The van der Waals surface area contributed by atoms with Crippen LogP contribution in [0.1, 0.15) is 42.7 Å². The summed E-state index contributed by atoms with van der Waals surface area (Å²) in [5, 5.41) is 1.44. The number of hydrogen-bond acceptors (Lipinski definition) is 5. The van der Waals surface area contributed by atoms with Crippen LogP contribution in [0, 0.1) is 0 Å². The Morgan fingerprint density at radius 3 is 2.39 bits per heavy atom. The molecule has 2 aliphatic heterocycles. The summed E-state index contributed by atoms with van der Waals surface area (Å²) in [5.41, 5.74) is 2.79. The lowest BCUT2D eigenvalue weighted by Gasteiger charge is -2.39. The van der Waals surface area contributed by atoms with E-state index in [0.29, 0.717) is 5.15 Å². The molecule has 2 atom stereocenters. The standard InChI is InChI=1S/C23H28Cl2N6/c1-28-12-14-30(15-13-28)20-10-4-9-19-27-22(23(25)31(19)20)18-8-3-7-17(29(18)2)21-16(24)6-5-11-26-21/h4-6,9-11,17-18H,3,7-8,12-15H2,1-2H3/t17-,18+/m0/s1. The molecule has 0 spiro atoms. The van der Waals surface area contributed by atoms with E-state index in [4.69, 9.17) is 28.2 Å². The minimum atomic E-state index is 0.129.